The molecule has 1 unspecified atom stereocenters. The topological polar surface area (TPSA) is 63.9 Å². The van der Waals surface area contributed by atoms with Crippen LogP contribution in [-0.4, -0.2) is 61.0 Å². The third-order valence-corrected chi connectivity index (χ3v) is 5.53. The van der Waals surface area contributed by atoms with Crippen molar-refractivity contribution in [2.24, 2.45) is 18.0 Å². The van der Waals surface area contributed by atoms with Gasteiger partial charge >= 0.3 is 0 Å². The van der Waals surface area contributed by atoms with Crippen LogP contribution in [0.1, 0.15) is 30.9 Å². The number of aryl methyl sites for hydroxylation is 2. The van der Waals surface area contributed by atoms with E-state index in [1.807, 2.05) is 38.0 Å². The first kappa shape index (κ1) is 22.0. The highest BCUT2D eigenvalue weighted by molar-refractivity contribution is 5.80. The van der Waals surface area contributed by atoms with Crippen LogP contribution in [0.4, 0.5) is 0 Å². The molecule has 0 saturated carbocycles. The average molecular weight is 414 g/mol. The van der Waals surface area contributed by atoms with Gasteiger partial charge in [0.05, 0.1) is 19.9 Å². The standard InChI is InChI=1S/C23H35N5O2/c1-5-30-22-14-18(8-9-21(22)29-4)7-6-11-25-23(24-2)28-12-10-19(17-28)13-20-15-26-27(3)16-20/h8-9,14-16,19H,5-7,10-13,17H2,1-4H3,(H,24,25). The second-order valence-electron chi connectivity index (χ2n) is 7.82. The lowest BCUT2D eigenvalue weighted by Crippen LogP contribution is -2.40. The fraction of sp³-hybridized carbons (Fsp3) is 0.565. The molecule has 164 valence electrons. The van der Waals surface area contributed by atoms with E-state index in [0.717, 1.165) is 56.4 Å². The Morgan fingerprint density at radius 1 is 1.30 bits per heavy atom. The highest BCUT2D eigenvalue weighted by atomic mass is 16.5. The molecule has 30 heavy (non-hydrogen) atoms. The first-order valence-electron chi connectivity index (χ1n) is 10.9. The molecular formula is C23H35N5O2. The molecule has 1 N–H and O–H groups in total. The molecule has 0 amide bonds. The summed E-state index contributed by atoms with van der Waals surface area (Å²) < 4.78 is 12.9. The molecule has 0 aliphatic carbocycles. The monoisotopic (exact) mass is 413 g/mol. The van der Waals surface area contributed by atoms with Gasteiger partial charge in [0, 0.05) is 39.9 Å². The van der Waals surface area contributed by atoms with Gasteiger partial charge in [-0.05, 0) is 61.8 Å². The fourth-order valence-corrected chi connectivity index (χ4v) is 4.07. The van der Waals surface area contributed by atoms with Crippen molar-refractivity contribution in [3.63, 3.8) is 0 Å². The van der Waals surface area contributed by atoms with Crippen LogP contribution in [0.3, 0.4) is 0 Å². The van der Waals surface area contributed by atoms with Gasteiger partial charge < -0.3 is 19.7 Å². The van der Waals surface area contributed by atoms with E-state index in [4.69, 9.17) is 9.47 Å². The van der Waals surface area contributed by atoms with E-state index in [0.29, 0.717) is 12.5 Å². The Morgan fingerprint density at radius 3 is 2.87 bits per heavy atom. The normalized spacial score (nSPS) is 16.7. The van der Waals surface area contributed by atoms with Crippen LogP contribution in [0.15, 0.2) is 35.6 Å². The zero-order chi connectivity index (χ0) is 21.3. The van der Waals surface area contributed by atoms with Crippen molar-refractivity contribution in [1.82, 2.24) is 20.0 Å². The first-order chi connectivity index (χ1) is 14.6. The van der Waals surface area contributed by atoms with Crippen molar-refractivity contribution in [3.8, 4) is 11.5 Å². The number of hydrogen-bond acceptors (Lipinski definition) is 4. The Kier molecular flexibility index (Phi) is 7.99. The van der Waals surface area contributed by atoms with Crippen LogP contribution in [-0.2, 0) is 19.9 Å². The van der Waals surface area contributed by atoms with Crippen molar-refractivity contribution in [2.75, 3.05) is 40.4 Å². The number of nitrogens with zero attached hydrogens (tertiary/aromatic N) is 4. The number of rotatable bonds is 9. The number of aliphatic imine (C=N–C) groups is 1. The summed E-state index contributed by atoms with van der Waals surface area (Å²) in [4.78, 5) is 6.88. The van der Waals surface area contributed by atoms with Gasteiger partial charge in [0.2, 0.25) is 0 Å². The molecular weight excluding hydrogens is 378 g/mol. The van der Waals surface area contributed by atoms with E-state index < -0.39 is 0 Å². The summed E-state index contributed by atoms with van der Waals surface area (Å²) in [6.07, 6.45) is 8.39. The van der Waals surface area contributed by atoms with Crippen molar-refractivity contribution in [3.05, 3.63) is 41.7 Å². The molecule has 3 rings (SSSR count). The summed E-state index contributed by atoms with van der Waals surface area (Å²) in [5.74, 6) is 3.27. The molecule has 2 aromatic rings. The molecule has 7 nitrogen and oxygen atoms in total. The van der Waals surface area contributed by atoms with E-state index in [1.165, 1.54) is 17.5 Å². The van der Waals surface area contributed by atoms with Crippen LogP contribution >= 0.6 is 0 Å². The Morgan fingerprint density at radius 2 is 2.17 bits per heavy atom. The van der Waals surface area contributed by atoms with Gasteiger partial charge in [-0.15, -0.1) is 0 Å². The summed E-state index contributed by atoms with van der Waals surface area (Å²) >= 11 is 0. The smallest absolute Gasteiger partial charge is 0.193 e. The van der Waals surface area contributed by atoms with E-state index >= 15 is 0 Å². The van der Waals surface area contributed by atoms with Gasteiger partial charge in [-0.25, -0.2) is 0 Å². The molecule has 7 heteroatoms. The molecule has 1 aliphatic rings. The van der Waals surface area contributed by atoms with E-state index in [9.17, 15) is 0 Å². The minimum absolute atomic E-state index is 0.634. The molecule has 1 aromatic carbocycles. The van der Waals surface area contributed by atoms with Crippen LogP contribution in [0, 0.1) is 5.92 Å². The Bertz CT molecular complexity index is 833. The van der Waals surface area contributed by atoms with Gasteiger partial charge in [-0.2, -0.15) is 5.10 Å². The first-order valence-corrected chi connectivity index (χ1v) is 10.9. The molecule has 1 fully saturated rings. The lowest BCUT2D eigenvalue weighted by molar-refractivity contribution is 0.310. The van der Waals surface area contributed by atoms with E-state index in [-0.39, 0.29) is 0 Å². The lowest BCUT2D eigenvalue weighted by Gasteiger charge is -2.21. The summed E-state index contributed by atoms with van der Waals surface area (Å²) in [6.45, 7) is 5.62. The highest BCUT2D eigenvalue weighted by Crippen LogP contribution is 2.28. The Hall–Kier alpha value is -2.70. The molecule has 1 atom stereocenters. The Labute approximate surface area is 180 Å². The SMILES string of the molecule is CCOc1cc(CCCNC(=NC)N2CCC(Cc3cnn(C)c3)C2)ccc1OC. The summed E-state index contributed by atoms with van der Waals surface area (Å²) in [7, 11) is 5.52. The third kappa shape index (κ3) is 5.90. The second-order valence-corrected chi connectivity index (χ2v) is 7.82. The van der Waals surface area contributed by atoms with Crippen molar-refractivity contribution in [1.29, 1.82) is 0 Å². The zero-order valence-electron chi connectivity index (χ0n) is 18.7. The molecule has 1 aliphatic heterocycles. The van der Waals surface area contributed by atoms with Crippen LogP contribution in [0.5, 0.6) is 11.5 Å². The average Bonchev–Trinajstić information content (AvgIpc) is 3.37. The number of methoxy groups -OCH3 is 1. The van der Waals surface area contributed by atoms with Gasteiger partial charge in [0.25, 0.3) is 0 Å². The molecule has 1 aromatic heterocycles. The number of likely N-dealkylation sites (tertiary alicyclic amines) is 1. The highest BCUT2D eigenvalue weighted by Gasteiger charge is 2.25. The van der Waals surface area contributed by atoms with Crippen LogP contribution < -0.4 is 14.8 Å². The van der Waals surface area contributed by atoms with Gasteiger partial charge in [0.1, 0.15) is 0 Å². The third-order valence-electron chi connectivity index (χ3n) is 5.53. The van der Waals surface area contributed by atoms with E-state index in [2.05, 4.69) is 38.6 Å². The summed E-state index contributed by atoms with van der Waals surface area (Å²) in [5, 5.41) is 7.82. The minimum atomic E-state index is 0.634. The molecule has 0 spiro atoms. The Balaban J connectivity index is 1.43. The van der Waals surface area contributed by atoms with Gasteiger partial charge in [-0.1, -0.05) is 6.07 Å². The van der Waals surface area contributed by atoms with Gasteiger partial charge in [0.15, 0.2) is 17.5 Å². The largest absolute Gasteiger partial charge is 0.493 e. The predicted octanol–water partition coefficient (Wildman–Crippen LogP) is 2.90. The molecule has 0 radical (unpaired) electrons. The molecule has 1 saturated heterocycles. The maximum Gasteiger partial charge on any atom is 0.193 e. The van der Waals surface area contributed by atoms with Crippen molar-refractivity contribution >= 4 is 5.96 Å². The van der Waals surface area contributed by atoms with E-state index in [1.54, 1.807) is 7.11 Å². The van der Waals surface area contributed by atoms with Crippen molar-refractivity contribution < 1.29 is 9.47 Å². The molecule has 2 heterocycles. The maximum absolute atomic E-state index is 5.68. The number of hydrogen-bond donors (Lipinski definition) is 1. The number of nitrogens with one attached hydrogen (secondary N) is 1. The number of guanidine groups is 1. The number of benzene rings is 1. The van der Waals surface area contributed by atoms with Crippen LogP contribution in [0.2, 0.25) is 0 Å². The number of ether oxygens (including phenoxy) is 2. The lowest BCUT2D eigenvalue weighted by atomic mass is 10.0. The number of aromatic nitrogens is 2. The second kappa shape index (κ2) is 10.9. The predicted molar refractivity (Wildman–Crippen MR) is 120 cm³/mol. The zero-order valence-corrected chi connectivity index (χ0v) is 18.7. The maximum atomic E-state index is 5.68. The van der Waals surface area contributed by atoms with Crippen LogP contribution in [0.25, 0.3) is 0 Å². The molecule has 0 bridgehead atoms. The van der Waals surface area contributed by atoms with Gasteiger partial charge in [-0.3, -0.25) is 9.67 Å². The summed E-state index contributed by atoms with van der Waals surface area (Å²) in [6, 6.07) is 6.18. The quantitative estimate of drug-likeness (QED) is 0.389. The van der Waals surface area contributed by atoms with Crippen molar-refractivity contribution in [2.45, 2.75) is 32.6 Å². The summed E-state index contributed by atoms with van der Waals surface area (Å²) in [5.41, 5.74) is 2.58. The fourth-order valence-electron chi connectivity index (χ4n) is 4.07. The minimum Gasteiger partial charge on any atom is -0.493 e.